The molecule has 1 heterocycles. The molecule has 2 aromatic rings. The van der Waals surface area contributed by atoms with Gasteiger partial charge in [0.2, 0.25) is 0 Å². The number of hydrogen-bond donors (Lipinski definition) is 2. The van der Waals surface area contributed by atoms with Crippen LogP contribution in [-0.4, -0.2) is 10.2 Å². The standard InChI is InChI=1S/C12H14BrN3/c1-6-4-8(3)9(5-7(6)2)11-10(13)12(14)16-15-11/h4-5H,1-3H3,(H3,14,15,16). The summed E-state index contributed by atoms with van der Waals surface area (Å²) < 4.78 is 0.832. The van der Waals surface area contributed by atoms with Gasteiger partial charge in [-0.25, -0.2) is 0 Å². The lowest BCUT2D eigenvalue weighted by molar-refractivity contribution is 1.10. The van der Waals surface area contributed by atoms with Crippen molar-refractivity contribution in [3.8, 4) is 11.3 Å². The number of nitrogens with one attached hydrogen (secondary N) is 1. The van der Waals surface area contributed by atoms with Crippen molar-refractivity contribution in [2.75, 3.05) is 5.73 Å². The van der Waals surface area contributed by atoms with Gasteiger partial charge in [0.1, 0.15) is 0 Å². The number of aryl methyl sites for hydroxylation is 3. The van der Waals surface area contributed by atoms with Gasteiger partial charge < -0.3 is 5.73 Å². The van der Waals surface area contributed by atoms with Crippen molar-refractivity contribution in [3.63, 3.8) is 0 Å². The van der Waals surface area contributed by atoms with Gasteiger partial charge in [-0.1, -0.05) is 6.07 Å². The molecule has 0 aliphatic carbocycles. The number of halogens is 1. The second-order valence-corrected chi connectivity index (χ2v) is 4.84. The molecule has 0 bridgehead atoms. The van der Waals surface area contributed by atoms with Crippen LogP contribution in [0.1, 0.15) is 16.7 Å². The maximum atomic E-state index is 5.71. The van der Waals surface area contributed by atoms with Gasteiger partial charge in [0.05, 0.1) is 10.2 Å². The Balaban J connectivity index is 2.65. The van der Waals surface area contributed by atoms with E-state index in [1.165, 1.54) is 16.7 Å². The molecule has 1 aromatic carbocycles. The number of hydrogen-bond acceptors (Lipinski definition) is 2. The zero-order chi connectivity index (χ0) is 11.9. The van der Waals surface area contributed by atoms with E-state index in [0.29, 0.717) is 5.82 Å². The van der Waals surface area contributed by atoms with Gasteiger partial charge in [0.25, 0.3) is 0 Å². The SMILES string of the molecule is Cc1cc(C)c(-c2[nH]nc(N)c2Br)cc1C. The van der Waals surface area contributed by atoms with Gasteiger partial charge in [0, 0.05) is 5.56 Å². The van der Waals surface area contributed by atoms with Crippen molar-refractivity contribution >= 4 is 21.7 Å². The Morgan fingerprint density at radius 2 is 1.75 bits per heavy atom. The number of aromatic amines is 1. The number of anilines is 1. The minimum absolute atomic E-state index is 0.493. The maximum absolute atomic E-state index is 5.71. The molecule has 0 saturated heterocycles. The van der Waals surface area contributed by atoms with E-state index in [1.807, 2.05) is 0 Å². The molecule has 0 saturated carbocycles. The van der Waals surface area contributed by atoms with Crippen LogP contribution in [0.25, 0.3) is 11.3 Å². The lowest BCUT2D eigenvalue weighted by atomic mass is 9.99. The summed E-state index contributed by atoms with van der Waals surface area (Å²) in [7, 11) is 0. The van der Waals surface area contributed by atoms with E-state index in [1.54, 1.807) is 0 Å². The fourth-order valence-corrected chi connectivity index (χ4v) is 2.14. The van der Waals surface area contributed by atoms with Crippen LogP contribution in [0.15, 0.2) is 16.6 Å². The van der Waals surface area contributed by atoms with Gasteiger partial charge in [-0.2, -0.15) is 5.10 Å². The molecule has 0 aliphatic rings. The molecule has 4 heteroatoms. The van der Waals surface area contributed by atoms with Crippen molar-refractivity contribution in [1.29, 1.82) is 0 Å². The number of nitrogen functional groups attached to an aromatic ring is 1. The predicted molar refractivity (Wildman–Crippen MR) is 70.3 cm³/mol. The number of H-pyrrole nitrogens is 1. The highest BCUT2D eigenvalue weighted by molar-refractivity contribution is 9.10. The molecule has 2 rings (SSSR count). The summed E-state index contributed by atoms with van der Waals surface area (Å²) in [5.41, 5.74) is 11.6. The molecule has 0 amide bonds. The maximum Gasteiger partial charge on any atom is 0.160 e. The first-order valence-electron chi connectivity index (χ1n) is 5.08. The van der Waals surface area contributed by atoms with Gasteiger partial charge in [-0.05, 0) is 59.5 Å². The summed E-state index contributed by atoms with van der Waals surface area (Å²) in [6, 6.07) is 4.33. The lowest BCUT2D eigenvalue weighted by Gasteiger charge is -2.08. The molecule has 0 radical (unpaired) electrons. The van der Waals surface area contributed by atoms with Crippen molar-refractivity contribution in [2.45, 2.75) is 20.8 Å². The highest BCUT2D eigenvalue weighted by Gasteiger charge is 2.12. The van der Waals surface area contributed by atoms with E-state index in [0.717, 1.165) is 15.7 Å². The molecular formula is C12H14BrN3. The van der Waals surface area contributed by atoms with Crippen LogP contribution < -0.4 is 5.73 Å². The normalized spacial score (nSPS) is 10.8. The first kappa shape index (κ1) is 11.2. The summed E-state index contributed by atoms with van der Waals surface area (Å²) in [6.45, 7) is 6.31. The fraction of sp³-hybridized carbons (Fsp3) is 0.250. The zero-order valence-corrected chi connectivity index (χ0v) is 11.1. The molecule has 0 aliphatic heterocycles. The number of nitrogens with two attached hydrogens (primary N) is 1. The second-order valence-electron chi connectivity index (χ2n) is 4.05. The van der Waals surface area contributed by atoms with Crippen LogP contribution in [0.4, 0.5) is 5.82 Å². The molecule has 3 N–H and O–H groups in total. The van der Waals surface area contributed by atoms with Crippen molar-refractivity contribution in [3.05, 3.63) is 33.3 Å². The third-order valence-corrected chi connectivity index (χ3v) is 3.65. The average molecular weight is 280 g/mol. The van der Waals surface area contributed by atoms with E-state index in [4.69, 9.17) is 5.73 Å². The topological polar surface area (TPSA) is 54.7 Å². The molecule has 16 heavy (non-hydrogen) atoms. The van der Waals surface area contributed by atoms with E-state index in [2.05, 4.69) is 59.0 Å². The molecule has 0 spiro atoms. The molecule has 0 atom stereocenters. The van der Waals surface area contributed by atoms with Gasteiger partial charge >= 0.3 is 0 Å². The van der Waals surface area contributed by atoms with Gasteiger partial charge in [-0.15, -0.1) is 0 Å². The molecule has 1 aromatic heterocycles. The Hall–Kier alpha value is -1.29. The lowest BCUT2D eigenvalue weighted by Crippen LogP contribution is -1.89. The Kier molecular flexibility index (Phi) is 2.76. The Labute approximate surface area is 103 Å². The van der Waals surface area contributed by atoms with Gasteiger partial charge in [0.15, 0.2) is 5.82 Å². The number of benzene rings is 1. The van der Waals surface area contributed by atoms with Crippen molar-refractivity contribution in [2.24, 2.45) is 0 Å². The molecule has 0 fully saturated rings. The smallest absolute Gasteiger partial charge is 0.160 e. The quantitative estimate of drug-likeness (QED) is 0.841. The van der Waals surface area contributed by atoms with E-state index >= 15 is 0 Å². The predicted octanol–water partition coefficient (Wildman–Crippen LogP) is 3.35. The number of rotatable bonds is 1. The molecule has 0 unspecified atom stereocenters. The third-order valence-electron chi connectivity index (χ3n) is 2.84. The second kappa shape index (κ2) is 3.94. The van der Waals surface area contributed by atoms with Gasteiger partial charge in [-0.3, -0.25) is 5.10 Å². The number of nitrogens with zero attached hydrogens (tertiary/aromatic N) is 1. The Morgan fingerprint density at radius 3 is 2.31 bits per heavy atom. The Bertz CT molecular complexity index is 543. The molecule has 3 nitrogen and oxygen atoms in total. The first-order valence-corrected chi connectivity index (χ1v) is 5.87. The van der Waals surface area contributed by atoms with Crippen molar-refractivity contribution in [1.82, 2.24) is 10.2 Å². The van der Waals surface area contributed by atoms with Crippen LogP contribution in [0.2, 0.25) is 0 Å². The average Bonchev–Trinajstić information content (AvgIpc) is 2.54. The van der Waals surface area contributed by atoms with E-state index < -0.39 is 0 Å². The van der Waals surface area contributed by atoms with Crippen LogP contribution in [-0.2, 0) is 0 Å². The monoisotopic (exact) mass is 279 g/mol. The highest BCUT2D eigenvalue weighted by atomic mass is 79.9. The third kappa shape index (κ3) is 1.73. The van der Waals surface area contributed by atoms with Crippen LogP contribution in [0.5, 0.6) is 0 Å². The number of aromatic nitrogens is 2. The summed E-state index contributed by atoms with van der Waals surface area (Å²) in [6.07, 6.45) is 0. The van der Waals surface area contributed by atoms with E-state index in [9.17, 15) is 0 Å². The summed E-state index contributed by atoms with van der Waals surface area (Å²) in [4.78, 5) is 0. The van der Waals surface area contributed by atoms with Crippen molar-refractivity contribution < 1.29 is 0 Å². The van der Waals surface area contributed by atoms with Crippen LogP contribution in [0, 0.1) is 20.8 Å². The largest absolute Gasteiger partial charge is 0.381 e. The Morgan fingerprint density at radius 1 is 1.12 bits per heavy atom. The van der Waals surface area contributed by atoms with E-state index in [-0.39, 0.29) is 0 Å². The summed E-state index contributed by atoms with van der Waals surface area (Å²) in [5, 5.41) is 6.95. The minimum Gasteiger partial charge on any atom is -0.381 e. The van der Waals surface area contributed by atoms with Crippen LogP contribution >= 0.6 is 15.9 Å². The van der Waals surface area contributed by atoms with Crippen LogP contribution in [0.3, 0.4) is 0 Å². The highest BCUT2D eigenvalue weighted by Crippen LogP contribution is 2.33. The summed E-state index contributed by atoms with van der Waals surface area (Å²) in [5.74, 6) is 0.493. The zero-order valence-electron chi connectivity index (χ0n) is 9.56. The fourth-order valence-electron chi connectivity index (χ4n) is 1.75. The first-order chi connectivity index (χ1) is 7.50. The molecular weight excluding hydrogens is 266 g/mol. The minimum atomic E-state index is 0.493. The summed E-state index contributed by atoms with van der Waals surface area (Å²) >= 11 is 3.45. The molecule has 84 valence electrons.